The molecule has 1 aromatic heterocycles. The minimum Gasteiger partial charge on any atom is -0.399 e. The standard InChI is InChI=1S/C16H18N4O2/c1-10-7-8-18-16(15(10)20(21)22)19-14-4-2-3-11-9-12(17)5-6-13(11)14/h5-9,14H,2-4,17H2,1H3,(H,18,19). The largest absolute Gasteiger partial charge is 0.399 e. The number of benzene rings is 1. The molecule has 114 valence electrons. The summed E-state index contributed by atoms with van der Waals surface area (Å²) in [6.07, 6.45) is 4.52. The van der Waals surface area contributed by atoms with Crippen molar-refractivity contribution in [3.8, 4) is 0 Å². The van der Waals surface area contributed by atoms with Crippen LogP contribution in [0.5, 0.6) is 0 Å². The zero-order valence-electron chi connectivity index (χ0n) is 12.4. The predicted octanol–water partition coefficient (Wildman–Crippen LogP) is 3.37. The van der Waals surface area contributed by atoms with Crippen molar-refractivity contribution >= 4 is 17.2 Å². The molecule has 0 amide bonds. The fraction of sp³-hybridized carbons (Fsp3) is 0.312. The van der Waals surface area contributed by atoms with Crippen molar-refractivity contribution in [3.63, 3.8) is 0 Å². The SMILES string of the molecule is Cc1ccnc(NC2CCCc3cc(N)ccc32)c1[N+](=O)[O-]. The van der Waals surface area contributed by atoms with E-state index in [-0.39, 0.29) is 16.7 Å². The van der Waals surface area contributed by atoms with E-state index in [1.54, 1.807) is 19.2 Å². The van der Waals surface area contributed by atoms with Crippen LogP contribution in [0, 0.1) is 17.0 Å². The van der Waals surface area contributed by atoms with E-state index in [0.29, 0.717) is 11.4 Å². The predicted molar refractivity (Wildman–Crippen MR) is 85.8 cm³/mol. The molecule has 0 saturated heterocycles. The third-order valence-electron chi connectivity index (χ3n) is 4.10. The van der Waals surface area contributed by atoms with E-state index in [1.165, 1.54) is 5.56 Å². The van der Waals surface area contributed by atoms with Gasteiger partial charge >= 0.3 is 5.69 Å². The highest BCUT2D eigenvalue weighted by Gasteiger charge is 2.25. The number of nitrogens with zero attached hydrogens (tertiary/aromatic N) is 2. The summed E-state index contributed by atoms with van der Waals surface area (Å²) in [5.41, 5.74) is 9.60. The lowest BCUT2D eigenvalue weighted by atomic mass is 9.87. The maximum atomic E-state index is 11.3. The number of aryl methyl sites for hydroxylation is 2. The van der Waals surface area contributed by atoms with Crippen molar-refractivity contribution in [2.75, 3.05) is 11.1 Å². The number of hydrogen-bond acceptors (Lipinski definition) is 5. The number of rotatable bonds is 3. The molecular weight excluding hydrogens is 280 g/mol. The van der Waals surface area contributed by atoms with E-state index >= 15 is 0 Å². The molecule has 1 aliphatic rings. The zero-order chi connectivity index (χ0) is 15.7. The summed E-state index contributed by atoms with van der Waals surface area (Å²) in [6, 6.07) is 7.54. The van der Waals surface area contributed by atoms with Crippen molar-refractivity contribution in [2.45, 2.75) is 32.2 Å². The number of pyridine rings is 1. The van der Waals surface area contributed by atoms with Gasteiger partial charge in [-0.1, -0.05) is 6.07 Å². The zero-order valence-corrected chi connectivity index (χ0v) is 12.4. The smallest absolute Gasteiger partial charge is 0.314 e. The topological polar surface area (TPSA) is 94.1 Å². The number of nitrogens with two attached hydrogens (primary N) is 1. The number of fused-ring (bicyclic) bond motifs is 1. The summed E-state index contributed by atoms with van der Waals surface area (Å²) < 4.78 is 0. The van der Waals surface area contributed by atoms with Crippen LogP contribution in [-0.4, -0.2) is 9.91 Å². The lowest BCUT2D eigenvalue weighted by molar-refractivity contribution is -0.384. The van der Waals surface area contributed by atoms with E-state index in [0.717, 1.165) is 30.5 Å². The van der Waals surface area contributed by atoms with Crippen LogP contribution in [0.4, 0.5) is 17.2 Å². The second kappa shape index (κ2) is 5.63. The third kappa shape index (κ3) is 2.59. The molecule has 0 radical (unpaired) electrons. The van der Waals surface area contributed by atoms with Gasteiger partial charge in [-0.25, -0.2) is 4.98 Å². The number of aromatic nitrogens is 1. The van der Waals surface area contributed by atoms with E-state index in [4.69, 9.17) is 5.73 Å². The molecule has 0 saturated carbocycles. The molecule has 1 unspecified atom stereocenters. The van der Waals surface area contributed by atoms with Gasteiger partial charge < -0.3 is 11.1 Å². The van der Waals surface area contributed by atoms with Crippen molar-refractivity contribution in [1.29, 1.82) is 0 Å². The molecule has 1 aliphatic carbocycles. The van der Waals surface area contributed by atoms with Crippen LogP contribution in [0.25, 0.3) is 0 Å². The van der Waals surface area contributed by atoms with Crippen molar-refractivity contribution in [1.82, 2.24) is 4.98 Å². The quantitative estimate of drug-likeness (QED) is 0.514. The molecule has 3 rings (SSSR count). The highest BCUT2D eigenvalue weighted by molar-refractivity contribution is 5.61. The van der Waals surface area contributed by atoms with Crippen LogP contribution in [0.1, 0.15) is 35.6 Å². The minimum absolute atomic E-state index is 0.0253. The second-order valence-electron chi connectivity index (χ2n) is 5.63. The fourth-order valence-electron chi connectivity index (χ4n) is 3.04. The van der Waals surface area contributed by atoms with Crippen LogP contribution in [-0.2, 0) is 6.42 Å². The van der Waals surface area contributed by atoms with Crippen molar-refractivity contribution < 1.29 is 4.92 Å². The Bertz CT molecular complexity index is 730. The van der Waals surface area contributed by atoms with Crippen LogP contribution in [0.2, 0.25) is 0 Å². The van der Waals surface area contributed by atoms with Gasteiger partial charge in [0.05, 0.1) is 11.0 Å². The van der Waals surface area contributed by atoms with E-state index in [1.807, 2.05) is 18.2 Å². The highest BCUT2D eigenvalue weighted by atomic mass is 16.6. The molecule has 3 N–H and O–H groups in total. The fourth-order valence-corrected chi connectivity index (χ4v) is 3.04. The van der Waals surface area contributed by atoms with Gasteiger partial charge in [-0.05, 0) is 55.5 Å². The Kier molecular flexibility index (Phi) is 3.66. The Morgan fingerprint density at radius 3 is 3.00 bits per heavy atom. The lowest BCUT2D eigenvalue weighted by Gasteiger charge is -2.27. The normalized spacial score (nSPS) is 16.9. The van der Waals surface area contributed by atoms with Crippen LogP contribution >= 0.6 is 0 Å². The van der Waals surface area contributed by atoms with Gasteiger partial charge in [-0.3, -0.25) is 10.1 Å². The third-order valence-corrected chi connectivity index (χ3v) is 4.10. The Balaban J connectivity index is 1.96. The molecule has 0 fully saturated rings. The Morgan fingerprint density at radius 1 is 1.41 bits per heavy atom. The molecule has 0 aliphatic heterocycles. The van der Waals surface area contributed by atoms with Gasteiger partial charge in [-0.2, -0.15) is 0 Å². The number of nitrogens with one attached hydrogen (secondary N) is 1. The number of hydrogen-bond donors (Lipinski definition) is 2. The highest BCUT2D eigenvalue weighted by Crippen LogP contribution is 2.35. The van der Waals surface area contributed by atoms with E-state index in [2.05, 4.69) is 10.3 Å². The lowest BCUT2D eigenvalue weighted by Crippen LogP contribution is -2.19. The Morgan fingerprint density at radius 2 is 2.23 bits per heavy atom. The van der Waals surface area contributed by atoms with Crippen LogP contribution < -0.4 is 11.1 Å². The first-order valence-corrected chi connectivity index (χ1v) is 7.31. The maximum Gasteiger partial charge on any atom is 0.314 e. The maximum absolute atomic E-state index is 11.3. The number of nitro groups is 1. The molecule has 1 aromatic carbocycles. The molecule has 0 spiro atoms. The first-order valence-electron chi connectivity index (χ1n) is 7.31. The summed E-state index contributed by atoms with van der Waals surface area (Å²) in [6.45, 7) is 1.72. The number of anilines is 2. The molecule has 6 nitrogen and oxygen atoms in total. The molecule has 0 bridgehead atoms. The van der Waals surface area contributed by atoms with E-state index < -0.39 is 0 Å². The molecule has 1 atom stereocenters. The summed E-state index contributed by atoms with van der Waals surface area (Å²) in [4.78, 5) is 15.1. The van der Waals surface area contributed by atoms with Gasteiger partial charge in [0.2, 0.25) is 5.82 Å². The van der Waals surface area contributed by atoms with Crippen molar-refractivity contribution in [3.05, 3.63) is 57.3 Å². The summed E-state index contributed by atoms with van der Waals surface area (Å²) in [7, 11) is 0. The second-order valence-corrected chi connectivity index (χ2v) is 5.63. The first-order chi connectivity index (χ1) is 10.6. The minimum atomic E-state index is -0.378. The summed E-state index contributed by atoms with van der Waals surface area (Å²) >= 11 is 0. The van der Waals surface area contributed by atoms with Crippen molar-refractivity contribution in [2.24, 2.45) is 0 Å². The average molecular weight is 298 g/mol. The Hall–Kier alpha value is -2.63. The van der Waals surface area contributed by atoms with Gasteiger partial charge in [0.15, 0.2) is 0 Å². The average Bonchev–Trinajstić information content (AvgIpc) is 2.46. The first kappa shape index (κ1) is 14.3. The van der Waals surface area contributed by atoms with Gasteiger partial charge in [0, 0.05) is 17.4 Å². The van der Waals surface area contributed by atoms with Gasteiger partial charge in [0.25, 0.3) is 0 Å². The number of nitrogen functional groups attached to an aromatic ring is 1. The van der Waals surface area contributed by atoms with Crippen LogP contribution in [0.15, 0.2) is 30.5 Å². The molecule has 2 aromatic rings. The van der Waals surface area contributed by atoms with Gasteiger partial charge in [0.1, 0.15) is 0 Å². The molecular formula is C16H18N4O2. The van der Waals surface area contributed by atoms with Gasteiger partial charge in [-0.15, -0.1) is 0 Å². The van der Waals surface area contributed by atoms with E-state index in [9.17, 15) is 10.1 Å². The van der Waals surface area contributed by atoms with Crippen LogP contribution in [0.3, 0.4) is 0 Å². The monoisotopic (exact) mass is 298 g/mol. The Labute approximate surface area is 128 Å². The summed E-state index contributed by atoms with van der Waals surface area (Å²) in [5.74, 6) is 0.333. The molecule has 1 heterocycles. The molecule has 6 heteroatoms. The molecule has 22 heavy (non-hydrogen) atoms. The summed E-state index contributed by atoms with van der Waals surface area (Å²) in [5, 5.41) is 14.5.